The van der Waals surface area contributed by atoms with Crippen molar-refractivity contribution < 1.29 is 22.0 Å². The molecule has 0 radical (unpaired) electrons. The fourth-order valence-electron chi connectivity index (χ4n) is 2.29. The number of carbonyl (C=O) groups excluding carboxylic acids is 1. The fourth-order valence-corrected chi connectivity index (χ4v) is 4.81. The molecule has 0 fully saturated rings. The summed E-state index contributed by atoms with van der Waals surface area (Å²) in [5.41, 5.74) is 1.58. The van der Waals surface area contributed by atoms with E-state index in [1.165, 1.54) is 41.3 Å². The zero-order valence-corrected chi connectivity index (χ0v) is 16.7. The molecule has 10 heteroatoms. The number of thioether (sulfide) groups is 1. The molecule has 0 aliphatic rings. The monoisotopic (exact) mass is 440 g/mol. The molecule has 1 heterocycles. The molecule has 1 N–H and O–H groups in total. The van der Waals surface area contributed by atoms with Gasteiger partial charge in [-0.2, -0.15) is 8.78 Å². The van der Waals surface area contributed by atoms with Gasteiger partial charge in [0.15, 0.2) is 4.34 Å². The van der Waals surface area contributed by atoms with Gasteiger partial charge in [-0.3, -0.25) is 4.79 Å². The number of alkyl halides is 2. The third kappa shape index (κ3) is 4.75. The first kappa shape index (κ1) is 20.4. The number of sulfone groups is 1. The molecule has 0 bridgehead atoms. The number of thiazole rings is 1. The predicted molar refractivity (Wildman–Crippen MR) is 107 cm³/mol. The largest absolute Gasteiger partial charge is 0.341 e. The van der Waals surface area contributed by atoms with Gasteiger partial charge in [-0.05, 0) is 12.1 Å². The molecule has 146 valence electrons. The van der Waals surface area contributed by atoms with E-state index in [1.807, 2.05) is 35.7 Å². The van der Waals surface area contributed by atoms with Gasteiger partial charge in [-0.25, -0.2) is 13.4 Å². The minimum Gasteiger partial charge on any atom is -0.324 e. The highest BCUT2D eigenvalue weighted by Gasteiger charge is 2.29. The van der Waals surface area contributed by atoms with Crippen molar-refractivity contribution in [2.24, 2.45) is 0 Å². The smallest absolute Gasteiger partial charge is 0.324 e. The van der Waals surface area contributed by atoms with E-state index >= 15 is 0 Å². The molecule has 0 spiro atoms. The van der Waals surface area contributed by atoms with Gasteiger partial charge in [0.25, 0.3) is 0 Å². The van der Waals surface area contributed by atoms with Gasteiger partial charge in [0, 0.05) is 10.9 Å². The zero-order chi connectivity index (χ0) is 20.1. The standard InChI is InChI=1S/C18H14F2N2O3S3/c19-17(20)28(24,25)15-9-5-4-8-13(15)21-16(23)11-27-18-22-14(10-26-18)12-6-2-1-3-7-12/h1-10,17H,11H2,(H,21,23). The predicted octanol–water partition coefficient (Wildman–Crippen LogP) is 4.54. The third-order valence-corrected chi connectivity index (χ3v) is 7.04. The molecule has 3 aromatic rings. The van der Waals surface area contributed by atoms with Crippen molar-refractivity contribution in [3.63, 3.8) is 0 Å². The Hall–Kier alpha value is -2.30. The number of halogens is 2. The maximum absolute atomic E-state index is 12.8. The Morgan fingerprint density at radius 3 is 2.50 bits per heavy atom. The highest BCUT2D eigenvalue weighted by Crippen LogP contribution is 2.29. The van der Waals surface area contributed by atoms with Crippen LogP contribution in [0.1, 0.15) is 0 Å². The lowest BCUT2D eigenvalue weighted by Gasteiger charge is -2.10. The van der Waals surface area contributed by atoms with E-state index in [-0.39, 0.29) is 11.4 Å². The summed E-state index contributed by atoms with van der Waals surface area (Å²) >= 11 is 2.56. The lowest BCUT2D eigenvalue weighted by atomic mass is 10.2. The molecule has 0 saturated heterocycles. The Bertz CT molecular complexity index is 1070. The number of nitrogens with zero attached hydrogens (tertiary/aromatic N) is 1. The van der Waals surface area contributed by atoms with E-state index in [0.29, 0.717) is 4.34 Å². The average molecular weight is 441 g/mol. The van der Waals surface area contributed by atoms with Gasteiger partial charge < -0.3 is 5.32 Å². The molecule has 1 amide bonds. The average Bonchev–Trinajstić information content (AvgIpc) is 3.16. The molecule has 2 aromatic carbocycles. The first-order valence-corrected chi connectivity index (χ1v) is 11.3. The van der Waals surface area contributed by atoms with E-state index in [0.717, 1.165) is 17.3 Å². The summed E-state index contributed by atoms with van der Waals surface area (Å²) in [6, 6.07) is 14.7. The SMILES string of the molecule is O=C(CSc1nc(-c2ccccc2)cs1)Nc1ccccc1S(=O)(=O)C(F)F. The van der Waals surface area contributed by atoms with Crippen LogP contribution in [0, 0.1) is 0 Å². The first-order chi connectivity index (χ1) is 13.4. The van der Waals surface area contributed by atoms with Crippen molar-refractivity contribution in [2.45, 2.75) is 15.0 Å². The molecule has 5 nitrogen and oxygen atoms in total. The number of rotatable bonds is 7. The summed E-state index contributed by atoms with van der Waals surface area (Å²) in [6.07, 6.45) is 0. The van der Waals surface area contributed by atoms with E-state index < -0.39 is 26.4 Å². The molecule has 28 heavy (non-hydrogen) atoms. The molecule has 0 unspecified atom stereocenters. The van der Waals surface area contributed by atoms with E-state index in [4.69, 9.17) is 0 Å². The van der Waals surface area contributed by atoms with Gasteiger partial charge in [0.2, 0.25) is 15.7 Å². The highest BCUT2D eigenvalue weighted by atomic mass is 32.2. The summed E-state index contributed by atoms with van der Waals surface area (Å²) in [6.45, 7) is 0. The van der Waals surface area contributed by atoms with E-state index in [2.05, 4.69) is 10.3 Å². The topological polar surface area (TPSA) is 76.1 Å². The number of anilines is 1. The Morgan fingerprint density at radius 2 is 1.79 bits per heavy atom. The number of benzene rings is 2. The minimum atomic E-state index is -4.81. The lowest BCUT2D eigenvalue weighted by molar-refractivity contribution is -0.113. The van der Waals surface area contributed by atoms with Crippen LogP contribution in [0.2, 0.25) is 0 Å². The van der Waals surface area contributed by atoms with Gasteiger partial charge in [0.1, 0.15) is 0 Å². The quantitative estimate of drug-likeness (QED) is 0.546. The highest BCUT2D eigenvalue weighted by molar-refractivity contribution is 8.01. The van der Waals surface area contributed by atoms with Gasteiger partial charge in [0.05, 0.1) is 22.0 Å². The second-order valence-electron chi connectivity index (χ2n) is 5.50. The van der Waals surface area contributed by atoms with Crippen molar-refractivity contribution >= 4 is 44.5 Å². The number of carbonyl (C=O) groups is 1. The summed E-state index contributed by atoms with van der Waals surface area (Å²) in [4.78, 5) is 16.0. The molecule has 0 aliphatic carbocycles. The number of nitrogens with one attached hydrogen (secondary N) is 1. The fraction of sp³-hybridized carbons (Fsp3) is 0.111. The van der Waals surface area contributed by atoms with E-state index in [1.54, 1.807) is 0 Å². The summed E-state index contributed by atoms with van der Waals surface area (Å²) < 4.78 is 49.8. The summed E-state index contributed by atoms with van der Waals surface area (Å²) in [5.74, 6) is -4.12. The van der Waals surface area contributed by atoms with Crippen molar-refractivity contribution in [3.8, 4) is 11.3 Å². The second-order valence-corrected chi connectivity index (χ2v) is 9.47. The first-order valence-electron chi connectivity index (χ1n) is 7.92. The number of hydrogen-bond acceptors (Lipinski definition) is 6. The normalized spacial score (nSPS) is 11.5. The van der Waals surface area contributed by atoms with Crippen LogP contribution in [0.5, 0.6) is 0 Å². The molecule has 0 saturated carbocycles. The summed E-state index contributed by atoms with van der Waals surface area (Å²) in [7, 11) is -4.81. The Balaban J connectivity index is 1.66. The third-order valence-electron chi connectivity index (χ3n) is 3.58. The van der Waals surface area contributed by atoms with Crippen LogP contribution in [0.3, 0.4) is 0 Å². The van der Waals surface area contributed by atoms with E-state index in [9.17, 15) is 22.0 Å². The molecule has 0 atom stereocenters. The zero-order valence-electron chi connectivity index (χ0n) is 14.2. The van der Waals surface area contributed by atoms with Crippen molar-refractivity contribution in [3.05, 3.63) is 60.0 Å². The number of hydrogen-bond donors (Lipinski definition) is 1. The van der Waals surface area contributed by atoms with Crippen LogP contribution in [0.4, 0.5) is 14.5 Å². The maximum Gasteiger partial charge on any atom is 0.341 e. The van der Waals surface area contributed by atoms with Crippen molar-refractivity contribution in [1.82, 2.24) is 4.98 Å². The molecule has 3 rings (SSSR count). The van der Waals surface area contributed by atoms with Gasteiger partial charge in [-0.15, -0.1) is 11.3 Å². The van der Waals surface area contributed by atoms with Gasteiger partial charge in [-0.1, -0.05) is 54.2 Å². The molecule has 1 aromatic heterocycles. The Labute approximate surface area is 168 Å². The van der Waals surface area contributed by atoms with Crippen LogP contribution in [0.15, 0.2) is 69.2 Å². The molecular weight excluding hydrogens is 426 g/mol. The van der Waals surface area contributed by atoms with Crippen molar-refractivity contribution in [2.75, 3.05) is 11.1 Å². The van der Waals surface area contributed by atoms with Crippen molar-refractivity contribution in [1.29, 1.82) is 0 Å². The maximum atomic E-state index is 12.8. The van der Waals surface area contributed by atoms with Crippen LogP contribution in [0.25, 0.3) is 11.3 Å². The second kappa shape index (κ2) is 8.80. The minimum absolute atomic E-state index is 0.0369. The molecule has 0 aliphatic heterocycles. The lowest BCUT2D eigenvalue weighted by Crippen LogP contribution is -2.18. The Morgan fingerprint density at radius 1 is 1.11 bits per heavy atom. The number of para-hydroxylation sites is 1. The van der Waals surface area contributed by atoms with Crippen LogP contribution in [-0.2, 0) is 14.6 Å². The summed E-state index contributed by atoms with van der Waals surface area (Å²) in [5, 5.41) is 4.26. The van der Waals surface area contributed by atoms with Crippen LogP contribution < -0.4 is 5.32 Å². The van der Waals surface area contributed by atoms with Crippen LogP contribution >= 0.6 is 23.1 Å². The number of amides is 1. The number of aromatic nitrogens is 1. The van der Waals surface area contributed by atoms with Gasteiger partial charge >= 0.3 is 5.76 Å². The Kier molecular flexibility index (Phi) is 6.42. The molecular formula is C18H14F2N2O3S3. The van der Waals surface area contributed by atoms with Crippen LogP contribution in [-0.4, -0.2) is 30.8 Å².